The van der Waals surface area contributed by atoms with Crippen molar-refractivity contribution in [2.75, 3.05) is 0 Å². The van der Waals surface area contributed by atoms with E-state index in [1.54, 1.807) is 0 Å². The Labute approximate surface area is 107 Å². The minimum absolute atomic E-state index is 0.0889. The molecule has 0 unspecified atom stereocenters. The lowest BCUT2D eigenvalue weighted by Crippen LogP contribution is -2.53. The Kier molecular flexibility index (Phi) is 2.51. The van der Waals surface area contributed by atoms with Crippen LogP contribution in [0.4, 0.5) is 0 Å². The van der Waals surface area contributed by atoms with E-state index in [0.717, 1.165) is 36.8 Å². The monoisotopic (exact) mass is 243 g/mol. The first kappa shape index (κ1) is 11.5. The van der Waals surface area contributed by atoms with E-state index >= 15 is 0 Å². The van der Waals surface area contributed by atoms with Crippen LogP contribution >= 0.6 is 0 Å². The average Bonchev–Trinajstić information content (AvgIpc) is 2.37. The van der Waals surface area contributed by atoms with Crippen molar-refractivity contribution < 1.29 is 9.59 Å². The molecule has 94 valence electrons. The quantitative estimate of drug-likeness (QED) is 0.711. The lowest BCUT2D eigenvalue weighted by atomic mass is 9.64. The molecule has 18 heavy (non-hydrogen) atoms. The van der Waals surface area contributed by atoms with Crippen LogP contribution in [0.5, 0.6) is 0 Å². The van der Waals surface area contributed by atoms with Crippen molar-refractivity contribution >= 4 is 11.8 Å². The molecule has 1 aliphatic carbocycles. The number of amides is 2. The second-order valence-corrected chi connectivity index (χ2v) is 5.42. The van der Waals surface area contributed by atoms with Crippen LogP contribution in [-0.2, 0) is 10.2 Å². The van der Waals surface area contributed by atoms with E-state index in [-0.39, 0.29) is 11.8 Å². The van der Waals surface area contributed by atoms with Gasteiger partial charge in [0, 0.05) is 5.56 Å². The molecule has 2 amide bonds. The van der Waals surface area contributed by atoms with Gasteiger partial charge in [0.25, 0.3) is 5.91 Å². The summed E-state index contributed by atoms with van der Waals surface area (Å²) >= 11 is 0. The normalized spacial score (nSPS) is 21.6. The van der Waals surface area contributed by atoms with Crippen molar-refractivity contribution in [3.8, 4) is 0 Å². The smallest absolute Gasteiger partial charge is 0.258 e. The van der Waals surface area contributed by atoms with Gasteiger partial charge < -0.3 is 0 Å². The highest BCUT2D eigenvalue weighted by Gasteiger charge is 2.47. The number of rotatable bonds is 0. The highest BCUT2D eigenvalue weighted by molar-refractivity contribution is 6.13. The summed E-state index contributed by atoms with van der Waals surface area (Å²) in [7, 11) is 0. The molecule has 1 aromatic rings. The van der Waals surface area contributed by atoms with Crippen LogP contribution < -0.4 is 5.32 Å². The molecule has 3 heteroatoms. The number of carbonyl (C=O) groups is 2. The molecule has 0 aromatic heterocycles. The number of hydrogen-bond donors (Lipinski definition) is 1. The molecular formula is C15H17NO2. The summed E-state index contributed by atoms with van der Waals surface area (Å²) in [5.74, 6) is -0.330. The minimum Gasteiger partial charge on any atom is -0.292 e. The number of fused-ring (bicyclic) bond motifs is 2. The zero-order valence-electron chi connectivity index (χ0n) is 10.6. The van der Waals surface area contributed by atoms with Crippen molar-refractivity contribution in [2.45, 2.75) is 44.4 Å². The fraction of sp³-hybridized carbons (Fsp3) is 0.467. The second kappa shape index (κ2) is 3.94. The van der Waals surface area contributed by atoms with E-state index in [4.69, 9.17) is 0 Å². The summed E-state index contributed by atoms with van der Waals surface area (Å²) < 4.78 is 0. The van der Waals surface area contributed by atoms with Gasteiger partial charge in [-0.15, -0.1) is 0 Å². The van der Waals surface area contributed by atoms with Gasteiger partial charge in [0.2, 0.25) is 5.91 Å². The average molecular weight is 243 g/mol. The number of hydrogen-bond acceptors (Lipinski definition) is 2. The Morgan fingerprint density at radius 2 is 1.83 bits per heavy atom. The molecule has 1 N–H and O–H groups in total. The van der Waals surface area contributed by atoms with Gasteiger partial charge in [-0.1, -0.05) is 31.4 Å². The molecule has 2 aliphatic rings. The highest BCUT2D eigenvalue weighted by atomic mass is 16.2. The van der Waals surface area contributed by atoms with E-state index in [9.17, 15) is 9.59 Å². The number of nitrogens with one attached hydrogen (secondary N) is 1. The van der Waals surface area contributed by atoms with Crippen molar-refractivity contribution in [1.82, 2.24) is 5.32 Å². The third-order valence-corrected chi connectivity index (χ3v) is 4.36. The largest absolute Gasteiger partial charge is 0.292 e. The molecule has 0 atom stereocenters. The van der Waals surface area contributed by atoms with Gasteiger partial charge in [0.1, 0.15) is 0 Å². The maximum atomic E-state index is 12.4. The zero-order chi connectivity index (χ0) is 12.8. The summed E-state index contributed by atoms with van der Waals surface area (Å²) in [4.78, 5) is 24.3. The van der Waals surface area contributed by atoms with Gasteiger partial charge in [-0.3, -0.25) is 14.9 Å². The molecular weight excluding hydrogens is 226 g/mol. The summed E-state index contributed by atoms with van der Waals surface area (Å²) in [6, 6.07) is 5.72. The maximum Gasteiger partial charge on any atom is 0.258 e. The fourth-order valence-corrected chi connectivity index (χ4v) is 3.53. The Morgan fingerprint density at radius 1 is 1.11 bits per heavy atom. The Hall–Kier alpha value is -1.64. The number of aryl methyl sites for hydroxylation is 1. The van der Waals surface area contributed by atoms with Crippen LogP contribution in [0.3, 0.4) is 0 Å². The molecule has 1 aromatic carbocycles. The van der Waals surface area contributed by atoms with Gasteiger partial charge in [0.15, 0.2) is 0 Å². The summed E-state index contributed by atoms with van der Waals surface area (Å²) in [6.45, 7) is 2.00. The lowest BCUT2D eigenvalue weighted by Gasteiger charge is -2.40. The Morgan fingerprint density at radius 3 is 2.56 bits per heavy atom. The molecule has 1 fully saturated rings. The first-order chi connectivity index (χ1) is 8.65. The van der Waals surface area contributed by atoms with Crippen LogP contribution in [0, 0.1) is 6.92 Å². The lowest BCUT2D eigenvalue weighted by molar-refractivity contribution is -0.127. The standard InChI is InChI=1S/C15H17NO2/c1-10-6-5-7-11-12(10)15(8-3-2-4-9-15)14(18)16-13(11)17/h5-7H,2-4,8-9H2,1H3,(H,16,17,18). The molecule has 1 spiro atoms. The molecule has 1 aliphatic heterocycles. The maximum absolute atomic E-state index is 12.4. The fourth-order valence-electron chi connectivity index (χ4n) is 3.53. The van der Waals surface area contributed by atoms with Crippen LogP contribution in [0.15, 0.2) is 18.2 Å². The second-order valence-electron chi connectivity index (χ2n) is 5.42. The van der Waals surface area contributed by atoms with Gasteiger partial charge in [0.05, 0.1) is 5.41 Å². The van der Waals surface area contributed by atoms with Gasteiger partial charge >= 0.3 is 0 Å². The summed E-state index contributed by atoms with van der Waals surface area (Å²) in [6.07, 6.45) is 5.04. The molecule has 1 saturated carbocycles. The van der Waals surface area contributed by atoms with Gasteiger partial charge in [-0.2, -0.15) is 0 Å². The van der Waals surface area contributed by atoms with Crippen LogP contribution in [-0.4, -0.2) is 11.8 Å². The number of benzene rings is 1. The third kappa shape index (κ3) is 1.43. The van der Waals surface area contributed by atoms with E-state index < -0.39 is 5.41 Å². The Bertz CT molecular complexity index is 527. The van der Waals surface area contributed by atoms with Gasteiger partial charge in [-0.25, -0.2) is 0 Å². The molecule has 0 radical (unpaired) electrons. The zero-order valence-corrected chi connectivity index (χ0v) is 10.6. The molecule has 1 heterocycles. The predicted octanol–water partition coefficient (Wildman–Crippen LogP) is 2.47. The SMILES string of the molecule is Cc1cccc2c1C1(CCCCC1)C(=O)NC2=O. The minimum atomic E-state index is -0.452. The van der Waals surface area contributed by atoms with E-state index in [1.165, 1.54) is 6.42 Å². The topological polar surface area (TPSA) is 46.2 Å². The summed E-state index contributed by atoms with van der Waals surface area (Å²) in [5.41, 5.74) is 2.29. The summed E-state index contributed by atoms with van der Waals surface area (Å²) in [5, 5.41) is 2.55. The predicted molar refractivity (Wildman–Crippen MR) is 68.4 cm³/mol. The third-order valence-electron chi connectivity index (χ3n) is 4.36. The molecule has 0 bridgehead atoms. The van der Waals surface area contributed by atoms with Gasteiger partial charge in [-0.05, 0) is 37.0 Å². The first-order valence-corrected chi connectivity index (χ1v) is 6.61. The van der Waals surface area contributed by atoms with Crippen molar-refractivity contribution in [2.24, 2.45) is 0 Å². The van der Waals surface area contributed by atoms with E-state index in [0.29, 0.717) is 5.56 Å². The van der Waals surface area contributed by atoms with Crippen molar-refractivity contribution in [1.29, 1.82) is 0 Å². The van der Waals surface area contributed by atoms with Crippen LogP contribution in [0.1, 0.15) is 53.6 Å². The molecule has 3 rings (SSSR count). The number of carbonyl (C=O) groups excluding carboxylic acids is 2. The molecule has 3 nitrogen and oxygen atoms in total. The van der Waals surface area contributed by atoms with Crippen LogP contribution in [0.25, 0.3) is 0 Å². The molecule has 0 saturated heterocycles. The van der Waals surface area contributed by atoms with E-state index in [1.807, 2.05) is 25.1 Å². The van der Waals surface area contributed by atoms with Crippen molar-refractivity contribution in [3.05, 3.63) is 34.9 Å². The highest BCUT2D eigenvalue weighted by Crippen LogP contribution is 2.44. The number of imide groups is 1. The first-order valence-electron chi connectivity index (χ1n) is 6.61. The Balaban J connectivity index is 2.24. The van der Waals surface area contributed by atoms with E-state index in [2.05, 4.69) is 5.32 Å². The van der Waals surface area contributed by atoms with Crippen LogP contribution in [0.2, 0.25) is 0 Å². The van der Waals surface area contributed by atoms with Crippen molar-refractivity contribution in [3.63, 3.8) is 0 Å².